The van der Waals surface area contributed by atoms with Gasteiger partial charge in [0.2, 0.25) is 11.9 Å². The summed E-state index contributed by atoms with van der Waals surface area (Å²) in [5.74, 6) is 0.417. The molecule has 160 valence electrons. The van der Waals surface area contributed by atoms with E-state index in [1.165, 1.54) is 11.8 Å². The summed E-state index contributed by atoms with van der Waals surface area (Å²) in [7, 11) is 0. The van der Waals surface area contributed by atoms with Crippen LogP contribution in [0.15, 0.2) is 30.5 Å². The van der Waals surface area contributed by atoms with Crippen molar-refractivity contribution in [3.8, 4) is 11.4 Å². The summed E-state index contributed by atoms with van der Waals surface area (Å²) in [5.41, 5.74) is 4.58. The third-order valence-electron chi connectivity index (χ3n) is 5.35. The molecule has 9 heteroatoms. The minimum Gasteiger partial charge on any atom is -0.379 e. The van der Waals surface area contributed by atoms with E-state index in [4.69, 9.17) is 14.7 Å². The summed E-state index contributed by atoms with van der Waals surface area (Å²) in [6.07, 6.45) is 3.81. The van der Waals surface area contributed by atoms with Gasteiger partial charge in [0.15, 0.2) is 0 Å². The number of hydrogen-bond donors (Lipinski definition) is 2. The maximum absolute atomic E-state index is 11.3. The van der Waals surface area contributed by atoms with Gasteiger partial charge in [-0.3, -0.25) is 9.69 Å². The number of amides is 1. The topological polar surface area (TPSA) is 92.3 Å². The molecule has 0 atom stereocenters. The van der Waals surface area contributed by atoms with Crippen molar-refractivity contribution in [2.45, 2.75) is 26.3 Å². The third-order valence-corrected chi connectivity index (χ3v) is 6.45. The second kappa shape index (κ2) is 8.70. The van der Waals surface area contributed by atoms with Crippen molar-refractivity contribution in [1.29, 1.82) is 0 Å². The highest BCUT2D eigenvalue weighted by Gasteiger charge is 2.24. The minimum absolute atomic E-state index is 0.105. The SMILES string of the molecule is CC(=O)Nc1cccc(Nc2ncc3c(n2)-c2nc(CN4CCOCC4)sc2CC3)c1. The normalized spacial score (nSPS) is 15.8. The lowest BCUT2D eigenvalue weighted by Crippen LogP contribution is -2.35. The predicted octanol–water partition coefficient (Wildman–Crippen LogP) is 3.23. The van der Waals surface area contributed by atoms with Crippen LogP contribution in [0, 0.1) is 0 Å². The van der Waals surface area contributed by atoms with Gasteiger partial charge in [-0.25, -0.2) is 15.0 Å². The Bertz CT molecular complexity index is 1110. The lowest BCUT2D eigenvalue weighted by molar-refractivity contribution is -0.114. The van der Waals surface area contributed by atoms with Crippen LogP contribution in [-0.4, -0.2) is 52.1 Å². The van der Waals surface area contributed by atoms with Crippen LogP contribution in [0.4, 0.5) is 17.3 Å². The first-order valence-electron chi connectivity index (χ1n) is 10.4. The lowest BCUT2D eigenvalue weighted by atomic mass is 10.00. The first kappa shape index (κ1) is 20.0. The summed E-state index contributed by atoms with van der Waals surface area (Å²) in [6, 6.07) is 7.50. The van der Waals surface area contributed by atoms with E-state index in [-0.39, 0.29) is 5.91 Å². The van der Waals surface area contributed by atoms with Crippen LogP contribution in [0.5, 0.6) is 0 Å². The molecular formula is C22H24N6O2S. The number of nitrogens with one attached hydrogen (secondary N) is 2. The number of aromatic nitrogens is 3. The zero-order chi connectivity index (χ0) is 21.2. The molecule has 3 heterocycles. The van der Waals surface area contributed by atoms with Crippen molar-refractivity contribution in [1.82, 2.24) is 19.9 Å². The number of anilines is 3. The Balaban J connectivity index is 1.37. The number of benzene rings is 1. The van der Waals surface area contributed by atoms with Crippen molar-refractivity contribution in [2.24, 2.45) is 0 Å². The molecule has 0 spiro atoms. The van der Waals surface area contributed by atoms with E-state index in [0.29, 0.717) is 5.95 Å². The van der Waals surface area contributed by atoms with Gasteiger partial charge in [0, 0.05) is 42.5 Å². The summed E-state index contributed by atoms with van der Waals surface area (Å²) in [5, 5.41) is 7.18. The first-order chi connectivity index (χ1) is 15.1. The molecule has 3 aromatic rings. The van der Waals surface area contributed by atoms with E-state index in [1.54, 1.807) is 11.3 Å². The molecule has 1 aromatic carbocycles. The fourth-order valence-electron chi connectivity index (χ4n) is 3.88. The van der Waals surface area contributed by atoms with Crippen LogP contribution in [0.2, 0.25) is 0 Å². The standard InChI is InChI=1S/C22H24N6O2S/c1-14(29)24-16-3-2-4-17(11-16)25-22-23-12-15-5-6-18-21(20(15)27-22)26-19(31-18)13-28-7-9-30-10-8-28/h2-4,11-12H,5-10,13H2,1H3,(H,24,29)(H,23,25,27). The van der Waals surface area contributed by atoms with Gasteiger partial charge in [-0.15, -0.1) is 11.3 Å². The van der Waals surface area contributed by atoms with E-state index >= 15 is 0 Å². The number of carbonyl (C=O) groups is 1. The van der Waals surface area contributed by atoms with E-state index in [2.05, 4.69) is 20.5 Å². The summed E-state index contributed by atoms with van der Waals surface area (Å²) >= 11 is 1.80. The molecule has 0 bridgehead atoms. The molecule has 1 fully saturated rings. The second-order valence-corrected chi connectivity index (χ2v) is 8.89. The van der Waals surface area contributed by atoms with Crippen molar-refractivity contribution in [3.05, 3.63) is 45.9 Å². The van der Waals surface area contributed by atoms with E-state index in [9.17, 15) is 4.79 Å². The summed E-state index contributed by atoms with van der Waals surface area (Å²) in [4.78, 5) is 29.3. The molecule has 31 heavy (non-hydrogen) atoms. The fourth-order valence-corrected chi connectivity index (χ4v) is 4.99. The average Bonchev–Trinajstić information content (AvgIpc) is 3.17. The second-order valence-electron chi connectivity index (χ2n) is 7.72. The van der Waals surface area contributed by atoms with Crippen molar-refractivity contribution >= 4 is 34.6 Å². The van der Waals surface area contributed by atoms with Gasteiger partial charge in [0.25, 0.3) is 0 Å². The number of carbonyl (C=O) groups excluding carboxylic acids is 1. The van der Waals surface area contributed by atoms with Gasteiger partial charge in [0.05, 0.1) is 25.5 Å². The number of aryl methyl sites for hydroxylation is 2. The molecule has 0 radical (unpaired) electrons. The quantitative estimate of drug-likeness (QED) is 0.634. The highest BCUT2D eigenvalue weighted by atomic mass is 32.1. The molecule has 8 nitrogen and oxygen atoms in total. The van der Waals surface area contributed by atoms with Gasteiger partial charge in [-0.05, 0) is 36.6 Å². The average molecular weight is 437 g/mol. The van der Waals surface area contributed by atoms with Gasteiger partial charge >= 0.3 is 0 Å². The van der Waals surface area contributed by atoms with E-state index in [0.717, 1.165) is 79.0 Å². The Morgan fingerprint density at radius 2 is 2.00 bits per heavy atom. The predicted molar refractivity (Wildman–Crippen MR) is 121 cm³/mol. The maximum Gasteiger partial charge on any atom is 0.227 e. The number of thiazole rings is 1. The number of morpholine rings is 1. The van der Waals surface area contributed by atoms with Crippen LogP contribution >= 0.6 is 11.3 Å². The molecule has 2 N–H and O–H groups in total. The molecule has 0 unspecified atom stereocenters. The number of nitrogens with zero attached hydrogens (tertiary/aromatic N) is 4. The Labute approximate surface area is 184 Å². The number of rotatable bonds is 5. The van der Waals surface area contributed by atoms with Crippen molar-refractivity contribution < 1.29 is 9.53 Å². The van der Waals surface area contributed by atoms with E-state index < -0.39 is 0 Å². The molecule has 1 saturated heterocycles. The molecule has 0 saturated carbocycles. The molecule has 1 amide bonds. The monoisotopic (exact) mass is 436 g/mol. The fraction of sp³-hybridized carbons (Fsp3) is 0.364. The van der Waals surface area contributed by atoms with E-state index in [1.807, 2.05) is 30.5 Å². The molecule has 5 rings (SSSR count). The van der Waals surface area contributed by atoms with Crippen molar-refractivity contribution in [2.75, 3.05) is 36.9 Å². The Kier molecular flexibility index (Phi) is 5.63. The molecule has 1 aliphatic heterocycles. The Morgan fingerprint density at radius 3 is 2.84 bits per heavy atom. The number of ether oxygens (including phenoxy) is 1. The van der Waals surface area contributed by atoms with Gasteiger partial charge < -0.3 is 15.4 Å². The minimum atomic E-state index is -0.105. The number of hydrogen-bond acceptors (Lipinski definition) is 8. The lowest BCUT2D eigenvalue weighted by Gasteiger charge is -2.25. The largest absolute Gasteiger partial charge is 0.379 e. The summed E-state index contributed by atoms with van der Waals surface area (Å²) < 4.78 is 5.45. The summed E-state index contributed by atoms with van der Waals surface area (Å²) in [6.45, 7) is 5.84. The van der Waals surface area contributed by atoms with Crippen LogP contribution < -0.4 is 10.6 Å². The van der Waals surface area contributed by atoms with Gasteiger partial charge in [-0.1, -0.05) is 6.07 Å². The molecule has 2 aliphatic rings. The van der Waals surface area contributed by atoms with Crippen molar-refractivity contribution in [3.63, 3.8) is 0 Å². The first-order valence-corrected chi connectivity index (χ1v) is 11.3. The Morgan fingerprint density at radius 1 is 1.16 bits per heavy atom. The molecule has 2 aromatic heterocycles. The van der Waals surface area contributed by atoms with Crippen LogP contribution in [0.1, 0.15) is 22.4 Å². The van der Waals surface area contributed by atoms with Crippen LogP contribution in [0.3, 0.4) is 0 Å². The highest BCUT2D eigenvalue weighted by Crippen LogP contribution is 2.36. The zero-order valence-corrected chi connectivity index (χ0v) is 18.2. The molecule has 1 aliphatic carbocycles. The third kappa shape index (κ3) is 4.58. The van der Waals surface area contributed by atoms with Crippen LogP contribution in [0.25, 0.3) is 11.4 Å². The van der Waals surface area contributed by atoms with Gasteiger partial charge in [-0.2, -0.15) is 0 Å². The van der Waals surface area contributed by atoms with Gasteiger partial charge in [0.1, 0.15) is 10.7 Å². The van der Waals surface area contributed by atoms with Crippen LogP contribution in [-0.2, 0) is 28.9 Å². The smallest absolute Gasteiger partial charge is 0.227 e. The maximum atomic E-state index is 11.3. The molecular weight excluding hydrogens is 412 g/mol. The highest BCUT2D eigenvalue weighted by molar-refractivity contribution is 7.12. The zero-order valence-electron chi connectivity index (χ0n) is 17.4. The number of fused-ring (bicyclic) bond motifs is 3. The Hall–Kier alpha value is -2.88.